The molecule has 0 spiro atoms. The molecule has 2 aromatic heterocycles. The van der Waals surface area contributed by atoms with Gasteiger partial charge in [0.1, 0.15) is 5.82 Å². The third-order valence-corrected chi connectivity index (χ3v) is 8.73. The predicted octanol–water partition coefficient (Wildman–Crippen LogP) is 5.75. The number of likely N-dealkylation sites (tertiary alicyclic amines) is 1. The topological polar surface area (TPSA) is 72.2 Å². The predicted molar refractivity (Wildman–Crippen MR) is 150 cm³/mol. The minimum atomic E-state index is -0.422. The molecule has 196 valence electrons. The number of rotatable bonds is 4. The van der Waals surface area contributed by atoms with E-state index in [1.165, 1.54) is 38.9 Å². The summed E-state index contributed by atoms with van der Waals surface area (Å²) in [6.07, 6.45) is 5.97. The summed E-state index contributed by atoms with van der Waals surface area (Å²) in [6, 6.07) is 22.8. The molecule has 2 amide bonds. The van der Waals surface area contributed by atoms with E-state index in [0.29, 0.717) is 18.8 Å². The number of para-hydroxylation sites is 2. The van der Waals surface area contributed by atoms with E-state index in [1.807, 2.05) is 17.0 Å². The maximum atomic E-state index is 13.8. The smallest absolute Gasteiger partial charge is 0.228 e. The van der Waals surface area contributed by atoms with E-state index in [-0.39, 0.29) is 30.2 Å². The summed E-state index contributed by atoms with van der Waals surface area (Å²) in [6.45, 7) is 1.48. The molecular formula is C32H29FN4O2. The highest BCUT2D eigenvalue weighted by molar-refractivity contribution is 6.00. The normalized spacial score (nSPS) is 19.3. The van der Waals surface area contributed by atoms with Crippen LogP contribution in [0.4, 0.5) is 10.1 Å². The first-order valence-electron chi connectivity index (χ1n) is 13.5. The molecule has 0 saturated carbocycles. The van der Waals surface area contributed by atoms with E-state index in [2.05, 4.69) is 58.8 Å². The Kier molecular flexibility index (Phi) is 5.54. The van der Waals surface area contributed by atoms with Gasteiger partial charge < -0.3 is 19.8 Å². The van der Waals surface area contributed by atoms with Crippen molar-refractivity contribution < 1.29 is 14.0 Å². The quantitative estimate of drug-likeness (QED) is 0.317. The first kappa shape index (κ1) is 23.7. The summed E-state index contributed by atoms with van der Waals surface area (Å²) < 4.78 is 13.8. The number of H-pyrrole nitrogens is 2. The monoisotopic (exact) mass is 520 g/mol. The number of halogens is 1. The van der Waals surface area contributed by atoms with Crippen LogP contribution in [0, 0.1) is 11.7 Å². The molecular weight excluding hydrogens is 491 g/mol. The molecule has 7 rings (SSSR count). The Bertz CT molecular complexity index is 1640. The van der Waals surface area contributed by atoms with Crippen molar-refractivity contribution in [2.24, 2.45) is 5.92 Å². The van der Waals surface area contributed by atoms with E-state index < -0.39 is 11.7 Å². The third kappa shape index (κ3) is 3.83. The van der Waals surface area contributed by atoms with E-state index in [0.717, 1.165) is 23.9 Å². The van der Waals surface area contributed by atoms with Crippen molar-refractivity contribution in [1.82, 2.24) is 14.9 Å². The van der Waals surface area contributed by atoms with Gasteiger partial charge in [-0.1, -0.05) is 42.5 Å². The fraction of sp³-hybridized carbons (Fsp3) is 0.250. The number of piperidine rings is 1. The number of aromatic nitrogens is 2. The molecule has 2 fully saturated rings. The highest BCUT2D eigenvalue weighted by Gasteiger charge is 2.44. The third-order valence-electron chi connectivity index (χ3n) is 8.73. The number of carbonyl (C=O) groups is 2. The zero-order valence-corrected chi connectivity index (χ0v) is 21.5. The van der Waals surface area contributed by atoms with Crippen LogP contribution >= 0.6 is 0 Å². The molecule has 2 N–H and O–H groups in total. The van der Waals surface area contributed by atoms with Gasteiger partial charge in [0.05, 0.1) is 5.92 Å². The molecule has 2 aliphatic rings. The lowest BCUT2D eigenvalue weighted by atomic mass is 9.67. The number of amides is 2. The van der Waals surface area contributed by atoms with E-state index in [9.17, 15) is 14.0 Å². The van der Waals surface area contributed by atoms with Gasteiger partial charge >= 0.3 is 0 Å². The van der Waals surface area contributed by atoms with Crippen molar-refractivity contribution in [3.05, 3.63) is 102 Å². The summed E-state index contributed by atoms with van der Waals surface area (Å²) in [5.74, 6) is -0.942. The number of nitrogens with one attached hydrogen (secondary N) is 2. The van der Waals surface area contributed by atoms with Crippen molar-refractivity contribution in [2.75, 3.05) is 24.5 Å². The summed E-state index contributed by atoms with van der Waals surface area (Å²) >= 11 is 0. The van der Waals surface area contributed by atoms with Crippen molar-refractivity contribution in [1.29, 1.82) is 0 Å². The van der Waals surface area contributed by atoms with Gasteiger partial charge in [-0.25, -0.2) is 4.39 Å². The Labute approximate surface area is 225 Å². The van der Waals surface area contributed by atoms with Gasteiger partial charge in [0.15, 0.2) is 0 Å². The molecule has 7 heteroatoms. The molecule has 0 aliphatic carbocycles. The lowest BCUT2D eigenvalue weighted by Gasteiger charge is -2.43. The Hall–Kier alpha value is -4.39. The van der Waals surface area contributed by atoms with Gasteiger partial charge in [-0.15, -0.1) is 0 Å². The minimum absolute atomic E-state index is 0.00806. The molecule has 6 nitrogen and oxygen atoms in total. The van der Waals surface area contributed by atoms with Crippen LogP contribution in [0.25, 0.3) is 21.8 Å². The van der Waals surface area contributed by atoms with Crippen LogP contribution in [0.2, 0.25) is 0 Å². The average molecular weight is 521 g/mol. The van der Waals surface area contributed by atoms with Crippen molar-refractivity contribution in [2.45, 2.75) is 24.7 Å². The van der Waals surface area contributed by atoms with Gasteiger partial charge in [-0.3, -0.25) is 9.59 Å². The van der Waals surface area contributed by atoms with Crippen LogP contribution in [-0.4, -0.2) is 46.3 Å². The van der Waals surface area contributed by atoms with E-state index in [4.69, 9.17) is 0 Å². The average Bonchev–Trinajstić information content (AvgIpc) is 3.70. The highest BCUT2D eigenvalue weighted by atomic mass is 19.1. The van der Waals surface area contributed by atoms with Crippen molar-refractivity contribution >= 4 is 39.3 Å². The molecule has 0 radical (unpaired) electrons. The molecule has 0 bridgehead atoms. The molecule has 2 aliphatic heterocycles. The number of hydrogen-bond acceptors (Lipinski definition) is 2. The van der Waals surface area contributed by atoms with Crippen LogP contribution in [0.15, 0.2) is 85.2 Å². The highest BCUT2D eigenvalue weighted by Crippen LogP contribution is 2.47. The van der Waals surface area contributed by atoms with Crippen molar-refractivity contribution in [3.63, 3.8) is 0 Å². The molecule has 4 heterocycles. The fourth-order valence-electron chi connectivity index (χ4n) is 6.75. The van der Waals surface area contributed by atoms with Crippen LogP contribution < -0.4 is 4.90 Å². The molecule has 5 aromatic rings. The number of benzene rings is 3. The summed E-state index contributed by atoms with van der Waals surface area (Å²) in [5.41, 5.74) is 4.95. The summed E-state index contributed by atoms with van der Waals surface area (Å²) in [5, 5.41) is 2.41. The first-order valence-corrected chi connectivity index (χ1v) is 13.5. The Morgan fingerprint density at radius 1 is 0.846 bits per heavy atom. The number of fused-ring (bicyclic) bond motifs is 2. The summed E-state index contributed by atoms with van der Waals surface area (Å²) in [4.78, 5) is 36.8. The Balaban J connectivity index is 1.18. The van der Waals surface area contributed by atoms with Crippen LogP contribution in [0.5, 0.6) is 0 Å². The molecule has 0 unspecified atom stereocenters. The Morgan fingerprint density at radius 2 is 1.46 bits per heavy atom. The summed E-state index contributed by atoms with van der Waals surface area (Å²) in [7, 11) is 0. The standard InChI is InChI=1S/C32H29FN4O2/c33-22-6-5-7-23(17-22)37-20-21(16-30(37)38)31(39)36-14-12-32(13-15-36,26-18-34-28-10-3-1-8-24(26)28)27-19-35-29-11-4-2-9-25(27)29/h1-11,17-19,21,34-35H,12-16,20H2/t21-/m0/s1. The second-order valence-electron chi connectivity index (χ2n) is 10.8. The second-order valence-corrected chi connectivity index (χ2v) is 10.8. The zero-order chi connectivity index (χ0) is 26.6. The molecule has 39 heavy (non-hydrogen) atoms. The zero-order valence-electron chi connectivity index (χ0n) is 21.5. The SMILES string of the molecule is O=C([C@H]1CC(=O)N(c2cccc(F)c2)C1)N1CCC(c2c[nH]c3ccccc23)(c2c[nH]c3ccccc23)CC1. The maximum Gasteiger partial charge on any atom is 0.228 e. The van der Waals surface area contributed by atoms with Crippen LogP contribution in [0.3, 0.4) is 0 Å². The second kappa shape index (κ2) is 9.12. The number of anilines is 1. The van der Waals surface area contributed by atoms with Gasteiger partial charge in [-0.2, -0.15) is 0 Å². The molecule has 2 saturated heterocycles. The number of carbonyl (C=O) groups excluding carboxylic acids is 2. The van der Waals surface area contributed by atoms with Crippen LogP contribution in [0.1, 0.15) is 30.4 Å². The van der Waals surface area contributed by atoms with Gasteiger partial charge in [0, 0.05) is 71.4 Å². The minimum Gasteiger partial charge on any atom is -0.361 e. The Morgan fingerprint density at radius 3 is 2.08 bits per heavy atom. The fourth-order valence-corrected chi connectivity index (χ4v) is 6.75. The largest absolute Gasteiger partial charge is 0.361 e. The van der Waals surface area contributed by atoms with Crippen LogP contribution in [-0.2, 0) is 15.0 Å². The lowest BCUT2D eigenvalue weighted by molar-refractivity contribution is -0.137. The first-order chi connectivity index (χ1) is 19.0. The van der Waals surface area contributed by atoms with Gasteiger partial charge in [0.25, 0.3) is 0 Å². The van der Waals surface area contributed by atoms with Gasteiger partial charge in [-0.05, 0) is 54.3 Å². The lowest BCUT2D eigenvalue weighted by Crippen LogP contribution is -2.47. The van der Waals surface area contributed by atoms with Crippen molar-refractivity contribution in [3.8, 4) is 0 Å². The maximum absolute atomic E-state index is 13.8. The number of aromatic amines is 2. The van der Waals surface area contributed by atoms with E-state index in [1.54, 1.807) is 12.1 Å². The number of hydrogen-bond donors (Lipinski definition) is 2. The number of nitrogens with zero attached hydrogens (tertiary/aromatic N) is 2. The van der Waals surface area contributed by atoms with E-state index >= 15 is 0 Å². The van der Waals surface area contributed by atoms with Gasteiger partial charge in [0.2, 0.25) is 11.8 Å². The molecule has 3 aromatic carbocycles. The molecule has 1 atom stereocenters.